The molecule has 0 aliphatic carbocycles. The quantitative estimate of drug-likeness (QED) is 0.860. The van der Waals surface area contributed by atoms with Gasteiger partial charge in [0.1, 0.15) is 0 Å². The molecule has 0 saturated heterocycles. The van der Waals surface area contributed by atoms with E-state index in [1.54, 1.807) is 6.20 Å². The zero-order chi connectivity index (χ0) is 13.7. The molecule has 0 bridgehead atoms. The number of aliphatic hydroxyl groups is 1. The molecule has 0 spiro atoms. The molecule has 2 aromatic rings. The van der Waals surface area contributed by atoms with E-state index in [1.165, 1.54) is 0 Å². The third kappa shape index (κ3) is 3.23. The van der Waals surface area contributed by atoms with E-state index in [0.717, 1.165) is 10.0 Å². The summed E-state index contributed by atoms with van der Waals surface area (Å²) in [6.45, 7) is 1.89. The van der Waals surface area contributed by atoms with Crippen molar-refractivity contribution in [2.75, 3.05) is 0 Å². The minimum Gasteiger partial charge on any atom is -0.372 e. The number of aromatic nitrogens is 1. The average molecular weight is 316 g/mol. The first-order valence-corrected chi connectivity index (χ1v) is 6.86. The van der Waals surface area contributed by atoms with Crippen LogP contribution in [0, 0.1) is 11.8 Å². The Hall–Kier alpha value is -1.63. The van der Waals surface area contributed by atoms with Gasteiger partial charge in [0.2, 0.25) is 0 Å². The Morgan fingerprint density at radius 1 is 1.21 bits per heavy atom. The zero-order valence-electron chi connectivity index (χ0n) is 10.6. The van der Waals surface area contributed by atoms with Gasteiger partial charge in [-0.25, -0.2) is 0 Å². The number of hydrogen-bond donors (Lipinski definition) is 1. The van der Waals surface area contributed by atoms with Crippen LogP contribution in [0.2, 0.25) is 0 Å². The van der Waals surface area contributed by atoms with Crippen molar-refractivity contribution in [1.29, 1.82) is 0 Å². The van der Waals surface area contributed by atoms with E-state index >= 15 is 0 Å². The first-order valence-electron chi connectivity index (χ1n) is 6.07. The molecule has 0 saturated carbocycles. The van der Waals surface area contributed by atoms with Crippen molar-refractivity contribution in [1.82, 2.24) is 4.98 Å². The molecule has 2 rings (SSSR count). The Balaban J connectivity index is 2.40. The van der Waals surface area contributed by atoms with Crippen molar-refractivity contribution in [2.45, 2.75) is 18.9 Å². The maximum absolute atomic E-state index is 10.7. The van der Waals surface area contributed by atoms with E-state index < -0.39 is 5.60 Å². The fourth-order valence-electron chi connectivity index (χ4n) is 1.70. The molecule has 1 aromatic carbocycles. The zero-order valence-corrected chi connectivity index (χ0v) is 12.2. The number of pyridine rings is 1. The molecule has 0 radical (unpaired) electrons. The number of rotatable bonds is 2. The summed E-state index contributed by atoms with van der Waals surface area (Å²) in [5.74, 6) is 5.93. The molecular weight excluding hydrogens is 302 g/mol. The fraction of sp³-hybridized carbons (Fsp3) is 0.188. The molecule has 1 aromatic heterocycles. The lowest BCUT2D eigenvalue weighted by atomic mass is 9.96. The van der Waals surface area contributed by atoms with Crippen LogP contribution in [0.5, 0.6) is 0 Å². The lowest BCUT2D eigenvalue weighted by molar-refractivity contribution is 0.0904. The highest BCUT2D eigenvalue weighted by molar-refractivity contribution is 9.10. The summed E-state index contributed by atoms with van der Waals surface area (Å²) in [7, 11) is 0. The molecule has 1 N–H and O–H groups in total. The van der Waals surface area contributed by atoms with Crippen molar-refractivity contribution < 1.29 is 5.11 Å². The van der Waals surface area contributed by atoms with Gasteiger partial charge < -0.3 is 5.11 Å². The average Bonchev–Trinajstić information content (AvgIpc) is 2.46. The first kappa shape index (κ1) is 13.8. The minimum atomic E-state index is -1.24. The third-order valence-electron chi connectivity index (χ3n) is 2.85. The number of benzene rings is 1. The van der Waals surface area contributed by atoms with Crippen LogP contribution in [0.25, 0.3) is 0 Å². The van der Waals surface area contributed by atoms with Gasteiger partial charge in [0.15, 0.2) is 5.60 Å². The topological polar surface area (TPSA) is 33.1 Å². The van der Waals surface area contributed by atoms with Gasteiger partial charge in [0.25, 0.3) is 0 Å². The highest BCUT2D eigenvalue weighted by Gasteiger charge is 2.28. The van der Waals surface area contributed by atoms with Gasteiger partial charge in [0, 0.05) is 16.2 Å². The maximum atomic E-state index is 10.7. The Kier molecular flexibility index (Phi) is 4.36. The molecule has 1 atom stereocenters. The van der Waals surface area contributed by atoms with Crippen molar-refractivity contribution in [3.63, 3.8) is 0 Å². The SMILES string of the molecule is CC[C@](O)(C#Cc1ccccc1)c1ncccc1Br. The van der Waals surface area contributed by atoms with Gasteiger partial charge in [-0.1, -0.05) is 37.0 Å². The molecule has 19 heavy (non-hydrogen) atoms. The Morgan fingerprint density at radius 3 is 2.58 bits per heavy atom. The van der Waals surface area contributed by atoms with Gasteiger partial charge in [-0.05, 0) is 46.6 Å². The second kappa shape index (κ2) is 6.01. The maximum Gasteiger partial charge on any atom is 0.168 e. The molecular formula is C16H14BrNO. The molecule has 0 fully saturated rings. The Morgan fingerprint density at radius 2 is 1.95 bits per heavy atom. The smallest absolute Gasteiger partial charge is 0.168 e. The van der Waals surface area contributed by atoms with E-state index in [9.17, 15) is 5.11 Å². The van der Waals surface area contributed by atoms with Crippen LogP contribution in [-0.2, 0) is 5.60 Å². The van der Waals surface area contributed by atoms with Crippen LogP contribution in [0.3, 0.4) is 0 Å². The summed E-state index contributed by atoms with van der Waals surface area (Å²) < 4.78 is 0.765. The summed E-state index contributed by atoms with van der Waals surface area (Å²) in [5, 5.41) is 10.7. The third-order valence-corrected chi connectivity index (χ3v) is 3.49. The van der Waals surface area contributed by atoms with Gasteiger partial charge in [-0.15, -0.1) is 0 Å². The van der Waals surface area contributed by atoms with E-state index in [4.69, 9.17) is 0 Å². The molecule has 3 heteroatoms. The highest BCUT2D eigenvalue weighted by atomic mass is 79.9. The van der Waals surface area contributed by atoms with Crippen molar-refractivity contribution in [2.24, 2.45) is 0 Å². The van der Waals surface area contributed by atoms with Gasteiger partial charge in [-0.3, -0.25) is 4.98 Å². The van der Waals surface area contributed by atoms with Gasteiger partial charge >= 0.3 is 0 Å². The van der Waals surface area contributed by atoms with Gasteiger partial charge in [0.05, 0.1) is 5.69 Å². The monoisotopic (exact) mass is 315 g/mol. The first-order chi connectivity index (χ1) is 9.15. The van der Waals surface area contributed by atoms with Crippen molar-refractivity contribution in [3.8, 4) is 11.8 Å². The summed E-state index contributed by atoms with van der Waals surface area (Å²) in [4.78, 5) is 4.23. The van der Waals surface area contributed by atoms with Crippen molar-refractivity contribution >= 4 is 15.9 Å². The lowest BCUT2D eigenvalue weighted by Crippen LogP contribution is -2.24. The Bertz CT molecular complexity index is 615. The molecule has 2 nitrogen and oxygen atoms in total. The van der Waals surface area contributed by atoms with Crippen LogP contribution in [0.1, 0.15) is 24.6 Å². The highest BCUT2D eigenvalue weighted by Crippen LogP contribution is 2.28. The molecule has 0 aliphatic rings. The minimum absolute atomic E-state index is 0.475. The largest absolute Gasteiger partial charge is 0.372 e. The van der Waals surface area contributed by atoms with E-state index in [0.29, 0.717) is 12.1 Å². The van der Waals surface area contributed by atoms with E-state index in [-0.39, 0.29) is 0 Å². The summed E-state index contributed by atoms with van der Waals surface area (Å²) in [6, 6.07) is 13.3. The molecule has 0 amide bonds. The van der Waals surface area contributed by atoms with Crippen LogP contribution < -0.4 is 0 Å². The van der Waals surface area contributed by atoms with E-state index in [1.807, 2.05) is 49.4 Å². The second-order valence-corrected chi connectivity index (χ2v) is 5.02. The molecule has 0 aliphatic heterocycles. The predicted octanol–water partition coefficient (Wildman–Crippen LogP) is 3.49. The predicted molar refractivity (Wildman–Crippen MR) is 79.4 cm³/mol. The van der Waals surface area contributed by atoms with Crippen molar-refractivity contribution in [3.05, 3.63) is 64.4 Å². The lowest BCUT2D eigenvalue weighted by Gasteiger charge is -2.20. The summed E-state index contributed by atoms with van der Waals surface area (Å²) >= 11 is 3.41. The fourth-order valence-corrected chi connectivity index (χ4v) is 2.29. The normalized spacial score (nSPS) is 13.2. The number of halogens is 1. The summed E-state index contributed by atoms with van der Waals surface area (Å²) in [5.41, 5.74) is 0.193. The second-order valence-electron chi connectivity index (χ2n) is 4.16. The van der Waals surface area contributed by atoms with Gasteiger partial charge in [-0.2, -0.15) is 0 Å². The summed E-state index contributed by atoms with van der Waals surface area (Å²) in [6.07, 6.45) is 2.13. The number of hydrogen-bond acceptors (Lipinski definition) is 2. The van der Waals surface area contributed by atoms with Crippen LogP contribution in [0.15, 0.2) is 53.1 Å². The molecule has 96 valence electrons. The molecule has 0 unspecified atom stereocenters. The van der Waals surface area contributed by atoms with E-state index in [2.05, 4.69) is 32.8 Å². The van der Waals surface area contributed by atoms with Crippen LogP contribution in [-0.4, -0.2) is 10.1 Å². The standard InChI is InChI=1S/C16H14BrNO/c1-2-16(19,15-14(17)9-6-12-18-15)11-10-13-7-4-3-5-8-13/h3-9,12,19H,2H2,1H3/t16-/m0/s1. The molecule has 1 heterocycles. The van der Waals surface area contributed by atoms with Crippen LogP contribution in [0.4, 0.5) is 0 Å². The Labute approximate surface area is 121 Å². The number of nitrogens with zero attached hydrogens (tertiary/aromatic N) is 1. The van der Waals surface area contributed by atoms with Crippen LogP contribution >= 0.6 is 15.9 Å².